The predicted octanol–water partition coefficient (Wildman–Crippen LogP) is 2.92. The molecule has 1 aliphatic carbocycles. The lowest BCUT2D eigenvalue weighted by atomic mass is 10.1. The number of hydrogen-bond donors (Lipinski definition) is 2. The van der Waals surface area contributed by atoms with Crippen molar-refractivity contribution in [3.05, 3.63) is 29.3 Å². The highest BCUT2D eigenvalue weighted by molar-refractivity contribution is 5.93. The van der Waals surface area contributed by atoms with Crippen LogP contribution in [0.1, 0.15) is 43.7 Å². The zero-order valence-corrected chi connectivity index (χ0v) is 13.4. The number of rotatable bonds is 6. The molecule has 1 aliphatic rings. The molecule has 0 atom stereocenters. The number of aryl methyl sites for hydroxylation is 2. The normalized spacial score (nSPS) is 14.6. The number of carbonyl (C=O) groups is 2. The molecule has 22 heavy (non-hydrogen) atoms. The fourth-order valence-corrected chi connectivity index (χ4v) is 2.07. The minimum Gasteiger partial charge on any atom is -0.326 e. The number of anilines is 1. The smallest absolute Gasteiger partial charge is 0.240 e. The summed E-state index contributed by atoms with van der Waals surface area (Å²) in [6.07, 6.45) is 2.60. The Morgan fingerprint density at radius 2 is 1.82 bits per heavy atom. The second kappa shape index (κ2) is 7.20. The van der Waals surface area contributed by atoms with Crippen LogP contribution in [-0.4, -0.2) is 17.5 Å². The van der Waals surface area contributed by atoms with Crippen LogP contribution in [0.2, 0.25) is 0 Å². The van der Waals surface area contributed by atoms with Gasteiger partial charge < -0.3 is 5.32 Å². The molecule has 0 heterocycles. The summed E-state index contributed by atoms with van der Waals surface area (Å²) in [5.41, 5.74) is 6.54. The molecule has 1 fully saturated rings. The molecular formula is C17H23N3O2. The van der Waals surface area contributed by atoms with Gasteiger partial charge in [0.2, 0.25) is 11.8 Å². The van der Waals surface area contributed by atoms with Gasteiger partial charge >= 0.3 is 0 Å². The van der Waals surface area contributed by atoms with E-state index < -0.39 is 0 Å². The summed E-state index contributed by atoms with van der Waals surface area (Å²) >= 11 is 0. The number of nitrogens with one attached hydrogen (secondary N) is 2. The molecule has 5 nitrogen and oxygen atoms in total. The Balaban J connectivity index is 1.73. The molecule has 0 spiro atoms. The summed E-state index contributed by atoms with van der Waals surface area (Å²) in [6, 6.07) is 5.76. The van der Waals surface area contributed by atoms with E-state index in [0.717, 1.165) is 29.8 Å². The van der Waals surface area contributed by atoms with Crippen molar-refractivity contribution in [1.82, 2.24) is 5.43 Å². The zero-order chi connectivity index (χ0) is 16.1. The molecule has 0 aromatic heterocycles. The van der Waals surface area contributed by atoms with Crippen LogP contribution in [-0.2, 0) is 9.59 Å². The summed E-state index contributed by atoms with van der Waals surface area (Å²) < 4.78 is 0. The topological polar surface area (TPSA) is 70.6 Å². The first-order valence-corrected chi connectivity index (χ1v) is 7.66. The third-order valence-corrected chi connectivity index (χ3v) is 3.89. The van der Waals surface area contributed by atoms with E-state index in [1.807, 2.05) is 39.0 Å². The molecule has 0 saturated heterocycles. The summed E-state index contributed by atoms with van der Waals surface area (Å²) in [5, 5.41) is 6.86. The Kier molecular flexibility index (Phi) is 5.31. The lowest BCUT2D eigenvalue weighted by Crippen LogP contribution is -2.21. The van der Waals surface area contributed by atoms with Crippen molar-refractivity contribution >= 4 is 23.2 Å². The molecule has 0 bridgehead atoms. The number of carbonyl (C=O) groups excluding carboxylic acids is 2. The molecule has 2 amide bonds. The average Bonchev–Trinajstić information content (AvgIpc) is 3.31. The SMILES string of the molecule is C/C(=N/NC(=O)CCC(=O)Nc1ccc(C)c(C)c1)C1CC1. The molecule has 1 aromatic carbocycles. The quantitative estimate of drug-likeness (QED) is 0.626. The first kappa shape index (κ1) is 16.2. The highest BCUT2D eigenvalue weighted by atomic mass is 16.2. The molecule has 2 rings (SSSR count). The van der Waals surface area contributed by atoms with Crippen LogP contribution >= 0.6 is 0 Å². The Morgan fingerprint density at radius 1 is 1.14 bits per heavy atom. The Hall–Kier alpha value is -2.17. The van der Waals surface area contributed by atoms with E-state index in [2.05, 4.69) is 15.8 Å². The Labute approximate surface area is 131 Å². The molecule has 0 aliphatic heterocycles. The number of hydrogen-bond acceptors (Lipinski definition) is 3. The summed E-state index contributed by atoms with van der Waals surface area (Å²) in [5.74, 6) is 0.143. The van der Waals surface area contributed by atoms with Crippen LogP contribution in [0, 0.1) is 19.8 Å². The number of benzene rings is 1. The third kappa shape index (κ3) is 4.98. The van der Waals surface area contributed by atoms with Crippen LogP contribution in [0.5, 0.6) is 0 Å². The highest BCUT2D eigenvalue weighted by Gasteiger charge is 2.24. The predicted molar refractivity (Wildman–Crippen MR) is 87.8 cm³/mol. The van der Waals surface area contributed by atoms with Crippen molar-refractivity contribution in [3.8, 4) is 0 Å². The van der Waals surface area contributed by atoms with Crippen LogP contribution in [0.25, 0.3) is 0 Å². The molecule has 2 N–H and O–H groups in total. The van der Waals surface area contributed by atoms with Crippen LogP contribution in [0.15, 0.2) is 23.3 Å². The van der Waals surface area contributed by atoms with Crippen molar-refractivity contribution in [1.29, 1.82) is 0 Å². The van der Waals surface area contributed by atoms with Gasteiger partial charge in [0.25, 0.3) is 0 Å². The summed E-state index contributed by atoms with van der Waals surface area (Å²) in [4.78, 5) is 23.5. The highest BCUT2D eigenvalue weighted by Crippen LogP contribution is 2.30. The van der Waals surface area contributed by atoms with E-state index in [0.29, 0.717) is 5.92 Å². The summed E-state index contributed by atoms with van der Waals surface area (Å²) in [6.45, 7) is 5.94. The zero-order valence-electron chi connectivity index (χ0n) is 13.4. The van der Waals surface area contributed by atoms with Gasteiger partial charge in [-0.3, -0.25) is 9.59 Å². The number of hydrazone groups is 1. The molecule has 0 radical (unpaired) electrons. The third-order valence-electron chi connectivity index (χ3n) is 3.89. The van der Waals surface area contributed by atoms with Gasteiger partial charge in [-0.2, -0.15) is 5.10 Å². The van der Waals surface area contributed by atoms with Crippen LogP contribution in [0.3, 0.4) is 0 Å². The molecule has 1 saturated carbocycles. The van der Waals surface area contributed by atoms with E-state index in [-0.39, 0.29) is 24.7 Å². The lowest BCUT2D eigenvalue weighted by molar-refractivity contribution is -0.124. The van der Waals surface area contributed by atoms with Gasteiger partial charge in [0.05, 0.1) is 0 Å². The van der Waals surface area contributed by atoms with Gasteiger partial charge in [0, 0.05) is 24.2 Å². The average molecular weight is 301 g/mol. The fourth-order valence-electron chi connectivity index (χ4n) is 2.07. The maximum Gasteiger partial charge on any atom is 0.240 e. The van der Waals surface area contributed by atoms with Gasteiger partial charge in [-0.15, -0.1) is 0 Å². The molecular weight excluding hydrogens is 278 g/mol. The first-order chi connectivity index (χ1) is 10.5. The van der Waals surface area contributed by atoms with Crippen molar-refractivity contribution in [3.63, 3.8) is 0 Å². The minimum atomic E-state index is -0.227. The molecule has 1 aromatic rings. The second-order valence-corrected chi connectivity index (χ2v) is 5.91. The van der Waals surface area contributed by atoms with Gasteiger partial charge in [0.1, 0.15) is 0 Å². The van der Waals surface area contributed by atoms with Gasteiger partial charge in [-0.05, 0) is 62.8 Å². The Bertz CT molecular complexity index is 604. The maximum absolute atomic E-state index is 11.8. The fraction of sp³-hybridized carbons (Fsp3) is 0.471. The van der Waals surface area contributed by atoms with Crippen LogP contribution < -0.4 is 10.7 Å². The van der Waals surface area contributed by atoms with Crippen molar-refractivity contribution in [2.24, 2.45) is 11.0 Å². The molecule has 5 heteroatoms. The van der Waals surface area contributed by atoms with Crippen molar-refractivity contribution in [2.45, 2.75) is 46.5 Å². The number of amides is 2. The van der Waals surface area contributed by atoms with E-state index in [9.17, 15) is 9.59 Å². The first-order valence-electron chi connectivity index (χ1n) is 7.66. The van der Waals surface area contributed by atoms with Gasteiger partial charge in [-0.25, -0.2) is 5.43 Å². The molecule has 118 valence electrons. The largest absolute Gasteiger partial charge is 0.326 e. The van der Waals surface area contributed by atoms with Gasteiger partial charge in [0.15, 0.2) is 0 Å². The Morgan fingerprint density at radius 3 is 2.45 bits per heavy atom. The maximum atomic E-state index is 11.8. The minimum absolute atomic E-state index is 0.137. The summed E-state index contributed by atoms with van der Waals surface area (Å²) in [7, 11) is 0. The van der Waals surface area contributed by atoms with Crippen molar-refractivity contribution < 1.29 is 9.59 Å². The van der Waals surface area contributed by atoms with E-state index in [4.69, 9.17) is 0 Å². The van der Waals surface area contributed by atoms with E-state index in [1.54, 1.807) is 0 Å². The standard InChI is InChI=1S/C17H23N3O2/c1-11-4-7-15(10-12(11)2)18-16(21)8-9-17(22)20-19-13(3)14-5-6-14/h4,7,10,14H,5-6,8-9H2,1-3H3,(H,18,21)(H,20,22)/b19-13-. The molecule has 0 unspecified atom stereocenters. The monoisotopic (exact) mass is 301 g/mol. The lowest BCUT2D eigenvalue weighted by Gasteiger charge is -2.07. The van der Waals surface area contributed by atoms with Crippen molar-refractivity contribution in [2.75, 3.05) is 5.32 Å². The number of nitrogens with zero attached hydrogens (tertiary/aromatic N) is 1. The van der Waals surface area contributed by atoms with E-state index >= 15 is 0 Å². The van der Waals surface area contributed by atoms with E-state index in [1.165, 1.54) is 5.56 Å². The second-order valence-electron chi connectivity index (χ2n) is 5.91. The van der Waals surface area contributed by atoms with Crippen LogP contribution in [0.4, 0.5) is 5.69 Å². The van der Waals surface area contributed by atoms with Gasteiger partial charge in [-0.1, -0.05) is 6.07 Å².